The van der Waals surface area contributed by atoms with Crippen LogP contribution in [-0.4, -0.2) is 43.0 Å². The lowest BCUT2D eigenvalue weighted by Gasteiger charge is -2.37. The van der Waals surface area contributed by atoms with Crippen molar-refractivity contribution in [3.8, 4) is 6.07 Å². The number of piperidine rings is 1. The minimum atomic E-state index is -0.139. The molecule has 21 heavy (non-hydrogen) atoms. The highest BCUT2D eigenvalue weighted by molar-refractivity contribution is 5.29. The first kappa shape index (κ1) is 16.0. The van der Waals surface area contributed by atoms with Crippen molar-refractivity contribution in [3.05, 3.63) is 35.4 Å². The molecule has 1 fully saturated rings. The van der Waals surface area contributed by atoms with Gasteiger partial charge in [-0.2, -0.15) is 5.26 Å². The number of hydrogen-bond acceptors (Lipinski definition) is 3. The van der Waals surface area contributed by atoms with Crippen LogP contribution in [0.25, 0.3) is 0 Å². The Bertz CT molecular complexity index is 478. The summed E-state index contributed by atoms with van der Waals surface area (Å²) in [4.78, 5) is 4.63. The van der Waals surface area contributed by atoms with Crippen LogP contribution in [0.4, 0.5) is 0 Å². The second kappa shape index (κ2) is 7.06. The molecule has 0 aliphatic carbocycles. The number of hydrogen-bond donors (Lipinski definition) is 0. The lowest BCUT2D eigenvalue weighted by atomic mass is 9.96. The summed E-state index contributed by atoms with van der Waals surface area (Å²) in [6.45, 7) is 6.64. The molecule has 1 unspecified atom stereocenters. The van der Waals surface area contributed by atoms with E-state index >= 15 is 0 Å². The van der Waals surface area contributed by atoms with Crippen LogP contribution in [-0.2, 0) is 0 Å². The Labute approximate surface area is 129 Å². The molecule has 0 spiro atoms. The molecule has 3 heteroatoms. The molecule has 0 bridgehead atoms. The van der Waals surface area contributed by atoms with Gasteiger partial charge in [-0.15, -0.1) is 0 Å². The molecule has 0 saturated carbocycles. The van der Waals surface area contributed by atoms with Crippen molar-refractivity contribution < 1.29 is 0 Å². The lowest BCUT2D eigenvalue weighted by Crippen LogP contribution is -2.43. The number of rotatable bonds is 4. The van der Waals surface area contributed by atoms with Crippen LogP contribution in [0.3, 0.4) is 0 Å². The van der Waals surface area contributed by atoms with Crippen LogP contribution in [0, 0.1) is 11.3 Å². The van der Waals surface area contributed by atoms with Crippen molar-refractivity contribution >= 4 is 0 Å². The van der Waals surface area contributed by atoms with Gasteiger partial charge >= 0.3 is 0 Å². The Morgan fingerprint density at radius 1 is 1.14 bits per heavy atom. The summed E-state index contributed by atoms with van der Waals surface area (Å²) >= 11 is 0. The summed E-state index contributed by atoms with van der Waals surface area (Å²) in [5, 5.41) is 9.61. The van der Waals surface area contributed by atoms with Crippen LogP contribution in [0.1, 0.15) is 49.8 Å². The van der Waals surface area contributed by atoms with Crippen LogP contribution >= 0.6 is 0 Å². The zero-order chi connectivity index (χ0) is 15.4. The Hall–Kier alpha value is -1.37. The highest BCUT2D eigenvalue weighted by atomic mass is 15.2. The van der Waals surface area contributed by atoms with E-state index in [0.29, 0.717) is 12.0 Å². The van der Waals surface area contributed by atoms with Gasteiger partial charge in [0.25, 0.3) is 0 Å². The Balaban J connectivity index is 2.10. The molecule has 0 radical (unpaired) electrons. The van der Waals surface area contributed by atoms with Crippen LogP contribution < -0.4 is 0 Å². The molecule has 0 N–H and O–H groups in total. The Morgan fingerprint density at radius 2 is 1.67 bits per heavy atom. The molecule has 1 aliphatic rings. The minimum Gasteiger partial charge on any atom is -0.306 e. The van der Waals surface area contributed by atoms with E-state index in [1.165, 1.54) is 5.56 Å². The molecule has 3 nitrogen and oxygen atoms in total. The third kappa shape index (κ3) is 3.84. The fraction of sp³-hybridized carbons (Fsp3) is 0.611. The first-order valence-corrected chi connectivity index (χ1v) is 7.93. The van der Waals surface area contributed by atoms with Crippen LogP contribution in [0.15, 0.2) is 24.3 Å². The largest absolute Gasteiger partial charge is 0.306 e. The standard InChI is InChI=1S/C18H27N3/c1-14(2)15-5-7-16(8-6-15)18(13-19)21(4)17-9-11-20(3)12-10-17/h5-8,14,17-18H,9-12H2,1-4H3. The summed E-state index contributed by atoms with van der Waals surface area (Å²) in [5.41, 5.74) is 2.45. The number of likely N-dealkylation sites (tertiary alicyclic amines) is 1. The summed E-state index contributed by atoms with van der Waals surface area (Å²) in [6, 6.07) is 11.4. The summed E-state index contributed by atoms with van der Waals surface area (Å²) in [7, 11) is 4.27. The van der Waals surface area contributed by atoms with Crippen molar-refractivity contribution in [2.24, 2.45) is 0 Å². The smallest absolute Gasteiger partial charge is 0.123 e. The SMILES string of the molecule is CC(C)c1ccc(C(C#N)N(C)C2CCN(C)CC2)cc1. The van der Waals surface area contributed by atoms with E-state index in [-0.39, 0.29) is 6.04 Å². The van der Waals surface area contributed by atoms with E-state index in [4.69, 9.17) is 0 Å². The minimum absolute atomic E-state index is 0.139. The molecular weight excluding hydrogens is 258 g/mol. The van der Waals surface area contributed by atoms with Gasteiger partial charge in [0.1, 0.15) is 6.04 Å². The van der Waals surface area contributed by atoms with Gasteiger partial charge in [0.15, 0.2) is 0 Å². The van der Waals surface area contributed by atoms with Gasteiger partial charge in [0, 0.05) is 6.04 Å². The topological polar surface area (TPSA) is 30.3 Å². The Kier molecular flexibility index (Phi) is 5.39. The van der Waals surface area contributed by atoms with Gasteiger partial charge in [-0.05, 0) is 57.1 Å². The van der Waals surface area contributed by atoms with Gasteiger partial charge in [-0.1, -0.05) is 38.1 Å². The normalized spacial score (nSPS) is 18.9. The number of nitriles is 1. The van der Waals surface area contributed by atoms with Gasteiger partial charge in [-0.25, -0.2) is 0 Å². The first-order chi connectivity index (χ1) is 10.0. The fourth-order valence-electron chi connectivity index (χ4n) is 3.08. The summed E-state index contributed by atoms with van der Waals surface area (Å²) < 4.78 is 0. The highest BCUT2D eigenvalue weighted by Gasteiger charge is 2.26. The molecule has 1 aliphatic heterocycles. The van der Waals surface area contributed by atoms with Crippen molar-refractivity contribution in [2.75, 3.05) is 27.2 Å². The lowest BCUT2D eigenvalue weighted by molar-refractivity contribution is 0.126. The summed E-state index contributed by atoms with van der Waals surface area (Å²) in [6.07, 6.45) is 2.30. The van der Waals surface area contributed by atoms with Gasteiger partial charge in [0.05, 0.1) is 6.07 Å². The van der Waals surface area contributed by atoms with E-state index in [1.807, 2.05) is 0 Å². The molecule has 114 valence electrons. The maximum absolute atomic E-state index is 9.61. The zero-order valence-corrected chi connectivity index (χ0v) is 13.7. The van der Waals surface area contributed by atoms with Gasteiger partial charge in [0.2, 0.25) is 0 Å². The molecule has 1 aromatic carbocycles. The molecule has 1 atom stereocenters. The van der Waals surface area contributed by atoms with Crippen molar-refractivity contribution in [3.63, 3.8) is 0 Å². The average molecular weight is 285 g/mol. The maximum atomic E-state index is 9.61. The second-order valence-electron chi connectivity index (χ2n) is 6.55. The number of nitrogens with zero attached hydrogens (tertiary/aromatic N) is 3. The van der Waals surface area contributed by atoms with E-state index in [2.05, 4.69) is 68.1 Å². The fourth-order valence-corrected chi connectivity index (χ4v) is 3.08. The van der Waals surface area contributed by atoms with E-state index in [1.54, 1.807) is 0 Å². The molecule has 2 rings (SSSR count). The van der Waals surface area contributed by atoms with Crippen molar-refractivity contribution in [1.82, 2.24) is 9.80 Å². The van der Waals surface area contributed by atoms with Crippen LogP contribution in [0.2, 0.25) is 0 Å². The highest BCUT2D eigenvalue weighted by Crippen LogP contribution is 2.26. The van der Waals surface area contributed by atoms with Gasteiger partial charge < -0.3 is 4.90 Å². The van der Waals surface area contributed by atoms with Crippen molar-refractivity contribution in [2.45, 2.75) is 44.7 Å². The average Bonchev–Trinajstić information content (AvgIpc) is 2.49. The molecule has 1 heterocycles. The van der Waals surface area contributed by atoms with Gasteiger partial charge in [-0.3, -0.25) is 4.90 Å². The molecular formula is C18H27N3. The predicted molar refractivity (Wildman–Crippen MR) is 87.2 cm³/mol. The van der Waals surface area contributed by atoms with E-state index in [0.717, 1.165) is 31.5 Å². The monoisotopic (exact) mass is 285 g/mol. The number of benzene rings is 1. The molecule has 1 aromatic rings. The van der Waals surface area contributed by atoms with E-state index < -0.39 is 0 Å². The van der Waals surface area contributed by atoms with Crippen molar-refractivity contribution in [1.29, 1.82) is 5.26 Å². The third-order valence-corrected chi connectivity index (χ3v) is 4.71. The second-order valence-corrected chi connectivity index (χ2v) is 6.55. The molecule has 0 amide bonds. The maximum Gasteiger partial charge on any atom is 0.123 e. The molecule has 0 aromatic heterocycles. The molecule has 1 saturated heterocycles. The Morgan fingerprint density at radius 3 is 2.14 bits per heavy atom. The zero-order valence-electron chi connectivity index (χ0n) is 13.7. The first-order valence-electron chi connectivity index (χ1n) is 7.93. The van der Waals surface area contributed by atoms with E-state index in [9.17, 15) is 5.26 Å². The van der Waals surface area contributed by atoms with Crippen LogP contribution in [0.5, 0.6) is 0 Å². The predicted octanol–water partition coefficient (Wildman–Crippen LogP) is 3.40. The third-order valence-electron chi connectivity index (χ3n) is 4.71. The summed E-state index contributed by atoms with van der Waals surface area (Å²) in [5.74, 6) is 0.534. The quantitative estimate of drug-likeness (QED) is 0.849.